The summed E-state index contributed by atoms with van der Waals surface area (Å²) >= 11 is 1.39. The Morgan fingerprint density at radius 2 is 1.11 bits per heavy atom. The van der Waals surface area contributed by atoms with Gasteiger partial charge in [0.05, 0.1) is 24.7 Å². The number of nitrogens with zero attached hydrogens (tertiary/aromatic N) is 3. The van der Waals surface area contributed by atoms with E-state index < -0.39 is 181 Å². The molecule has 2 aromatic carbocycles. The highest BCUT2D eigenvalue weighted by Gasteiger charge is 2.44. The number of hydrogen-bond donors (Lipinski definition) is 19. The van der Waals surface area contributed by atoms with E-state index in [4.69, 9.17) is 22.6 Å². The van der Waals surface area contributed by atoms with E-state index in [1.54, 1.807) is 64.5 Å². The molecule has 0 radical (unpaired) electrons. The average Bonchev–Trinajstić information content (AvgIpc) is 1.66. The van der Waals surface area contributed by atoms with Gasteiger partial charge < -0.3 is 105 Å². The van der Waals surface area contributed by atoms with E-state index in [2.05, 4.69) is 73.1 Å². The zero-order valence-corrected chi connectivity index (χ0v) is 64.0. The second-order valence-corrected chi connectivity index (χ2v) is 29.8. The van der Waals surface area contributed by atoms with E-state index in [-0.39, 0.29) is 89.3 Å². The third-order valence-corrected chi connectivity index (χ3v) is 20.4. The highest BCUT2D eigenvalue weighted by atomic mass is 32.2. The van der Waals surface area contributed by atoms with E-state index in [9.17, 15) is 63.0 Å². The van der Waals surface area contributed by atoms with Crippen molar-refractivity contribution < 1.29 is 72.5 Å². The van der Waals surface area contributed by atoms with Gasteiger partial charge in [0.25, 0.3) is 0 Å². The number of carbonyl (C=O) groups excluding carboxylic acids is 12. The number of carboxylic acids is 1. The Bertz CT molecular complexity index is 4040. The molecule has 2 aliphatic heterocycles. The number of rotatable bonds is 43. The van der Waals surface area contributed by atoms with Crippen LogP contribution in [0.5, 0.6) is 0 Å². The number of nitrogens with two attached hydrogens (primary N) is 3. The number of guanidine groups is 1. The SMILES string of the molecule is CC[C@H](C)[C@H](NC(=O)[C@H](CO)NC(=O)[C@@H](NC(=O)[C@@H]1CCCN1C(=O)[C@H](CCSC)NC(=O)[C@H](CC(C)C)NC(=O)[C@@H]1CCCN1C(=O)[C@H](CCCNC(=N)N)NC(=O)[C@H](CCC(N)=O)NC(=O)[C@H](Cc1c[nH]c2ccccc12)NC(=O)[C@H](Cc1c[nH]cn1)NC(=O)[C@@H](N)Cc1c[nH]c2ccccc12)C(C)C)C(=O)O. The summed E-state index contributed by atoms with van der Waals surface area (Å²) in [5.41, 5.74) is 21.0. The van der Waals surface area contributed by atoms with Crippen LogP contribution in [0.15, 0.2) is 73.4 Å². The number of benzene rings is 2. The maximum Gasteiger partial charge on any atom is 0.326 e. The molecule has 2 saturated heterocycles. The number of aliphatic hydroxyl groups is 1. The van der Waals surface area contributed by atoms with Crippen LogP contribution in [-0.4, -0.2) is 234 Å². The van der Waals surface area contributed by atoms with E-state index in [0.717, 1.165) is 16.5 Å². The molecule has 0 aliphatic carbocycles. The number of fused-ring (bicyclic) bond motifs is 2. The van der Waals surface area contributed by atoms with Crippen molar-refractivity contribution in [3.8, 4) is 0 Å². The predicted octanol–water partition coefficient (Wildman–Crippen LogP) is -0.820. The molecule has 13 atom stereocenters. The van der Waals surface area contributed by atoms with E-state index in [1.165, 1.54) is 34.1 Å². The highest BCUT2D eigenvalue weighted by Crippen LogP contribution is 2.26. The number of aliphatic carboxylic acids is 1. The standard InChI is InChI=1S/C74H108N20O15S/c1-8-41(6)61(73(108)109)92-67(102)56(37-95)90-70(105)60(40(4)5)91-69(104)58-22-15-28-94(58)72(107)52(25-29-110-7)86-64(99)53(30-39(2)3)89-68(103)57-21-14-27-93(57)71(106)51(20-13-26-80-74(77)78)85-63(98)50(23-24-59(76)96)84-65(100)54(32-43-35-82-49-19-12-10-17-46(43)49)88-66(101)55(33-44-36-79-38-83-44)87-62(97)47(75)31-42-34-81-48-18-11-9-16-45(42)48/h9-12,16-19,34-36,38-41,47,50-58,60-61,81-82,95H,8,13-15,20-33,37,75H2,1-7H3,(H2,76,96)(H,79,83)(H,84,100)(H,85,98)(H,86,99)(H,87,97)(H,88,101)(H,89,103)(H,90,105)(H,91,104)(H,92,102)(H,108,109)(H4,77,78,80)/t41-,47-,50-,51-,52-,53-,54-,55-,56-,57-,58-,60-,61-/m0/s1. The van der Waals surface area contributed by atoms with Crippen molar-refractivity contribution in [2.75, 3.05) is 38.2 Å². The molecule has 110 heavy (non-hydrogen) atoms. The van der Waals surface area contributed by atoms with Gasteiger partial charge in [-0.1, -0.05) is 84.4 Å². The van der Waals surface area contributed by atoms with Crippen molar-refractivity contribution in [2.24, 2.45) is 35.0 Å². The van der Waals surface area contributed by atoms with Crippen LogP contribution in [0.2, 0.25) is 0 Å². The number of aromatic amines is 3. The van der Waals surface area contributed by atoms with E-state index >= 15 is 9.59 Å². The Morgan fingerprint density at radius 1 is 0.600 bits per heavy atom. The van der Waals surface area contributed by atoms with Gasteiger partial charge in [-0.3, -0.25) is 62.9 Å². The minimum atomic E-state index is -1.61. The fraction of sp³-hybridized carbons (Fsp3) is 0.554. The number of nitrogens with one attached hydrogen (secondary N) is 14. The number of amides is 12. The van der Waals surface area contributed by atoms with Gasteiger partial charge in [-0.2, -0.15) is 11.8 Å². The van der Waals surface area contributed by atoms with Gasteiger partial charge in [-0.15, -0.1) is 0 Å². The number of likely N-dealkylation sites (tertiary alicyclic amines) is 2. The Balaban J connectivity index is 1.07. The fourth-order valence-corrected chi connectivity index (χ4v) is 14.0. The number of para-hydroxylation sites is 2. The predicted molar refractivity (Wildman–Crippen MR) is 410 cm³/mol. The lowest BCUT2D eigenvalue weighted by molar-refractivity contribution is -0.144. The Hall–Kier alpha value is -10.6. The number of hydrogen-bond acceptors (Lipinski definition) is 18. The van der Waals surface area contributed by atoms with Crippen LogP contribution < -0.4 is 70.4 Å². The summed E-state index contributed by atoms with van der Waals surface area (Å²) in [6.45, 7) is 9.52. The molecule has 5 heterocycles. The summed E-state index contributed by atoms with van der Waals surface area (Å²) in [5.74, 6) is -12.2. The number of aliphatic hydroxyl groups excluding tert-OH is 1. The number of primary amides is 1. The summed E-state index contributed by atoms with van der Waals surface area (Å²) in [5, 5.41) is 56.0. The molecule has 600 valence electrons. The molecule has 3 aromatic heterocycles. The van der Waals surface area contributed by atoms with Gasteiger partial charge in [0, 0.05) is 79.3 Å². The maximum absolute atomic E-state index is 15.2. The molecule has 0 bridgehead atoms. The first-order chi connectivity index (χ1) is 52.4. The van der Waals surface area contributed by atoms with Crippen molar-refractivity contribution in [1.82, 2.24) is 82.9 Å². The molecular weight excluding hydrogens is 1440 g/mol. The number of carboxylic acid groups (broad SMARTS) is 1. The zero-order chi connectivity index (χ0) is 80.5. The van der Waals surface area contributed by atoms with Gasteiger partial charge in [-0.25, -0.2) is 9.78 Å². The van der Waals surface area contributed by atoms with Gasteiger partial charge in [0.15, 0.2) is 5.96 Å². The van der Waals surface area contributed by atoms with Gasteiger partial charge in [-0.05, 0) is 117 Å². The van der Waals surface area contributed by atoms with Crippen LogP contribution in [-0.2, 0) is 81.6 Å². The summed E-state index contributed by atoms with van der Waals surface area (Å²) in [4.78, 5) is 200. The Kier molecular flexibility index (Phi) is 32.9. The van der Waals surface area contributed by atoms with Crippen molar-refractivity contribution >= 4 is 116 Å². The first kappa shape index (κ1) is 86.6. The van der Waals surface area contributed by atoms with Crippen molar-refractivity contribution in [2.45, 2.75) is 204 Å². The van der Waals surface area contributed by atoms with Crippen LogP contribution >= 0.6 is 11.8 Å². The molecular formula is C74H108N20O15S. The van der Waals surface area contributed by atoms with Crippen LogP contribution in [0.4, 0.5) is 0 Å². The second-order valence-electron chi connectivity index (χ2n) is 28.8. The molecule has 0 saturated carbocycles. The molecule has 2 fully saturated rings. The molecule has 22 N–H and O–H groups in total. The minimum Gasteiger partial charge on any atom is -0.480 e. The first-order valence-corrected chi connectivity index (χ1v) is 38.7. The average molecular weight is 1550 g/mol. The van der Waals surface area contributed by atoms with Crippen LogP contribution in [0.1, 0.15) is 129 Å². The molecule has 36 heteroatoms. The Morgan fingerprint density at radius 3 is 1.64 bits per heavy atom. The maximum atomic E-state index is 15.2. The van der Waals surface area contributed by atoms with Gasteiger partial charge >= 0.3 is 5.97 Å². The second kappa shape index (κ2) is 41.8. The summed E-state index contributed by atoms with van der Waals surface area (Å²) < 4.78 is 0. The number of carbonyl (C=O) groups is 13. The van der Waals surface area contributed by atoms with Crippen LogP contribution in [0.3, 0.4) is 0 Å². The van der Waals surface area contributed by atoms with Crippen molar-refractivity contribution in [3.05, 3.63) is 90.3 Å². The summed E-state index contributed by atoms with van der Waals surface area (Å²) in [7, 11) is 0. The van der Waals surface area contributed by atoms with Gasteiger partial charge in [0.2, 0.25) is 70.9 Å². The molecule has 0 unspecified atom stereocenters. The fourth-order valence-electron chi connectivity index (χ4n) is 13.5. The normalized spacial score (nSPS) is 17.2. The van der Waals surface area contributed by atoms with Crippen LogP contribution in [0, 0.1) is 23.2 Å². The minimum absolute atomic E-state index is 0.0109. The molecule has 12 amide bonds. The van der Waals surface area contributed by atoms with E-state index in [0.29, 0.717) is 47.2 Å². The summed E-state index contributed by atoms with van der Waals surface area (Å²) in [6, 6.07) is -1.38. The quantitative estimate of drug-likeness (QED) is 0.0129. The number of thioether (sulfide) groups is 1. The van der Waals surface area contributed by atoms with Crippen molar-refractivity contribution in [1.29, 1.82) is 5.41 Å². The summed E-state index contributed by atoms with van der Waals surface area (Å²) in [6.07, 6.45) is 8.54. The van der Waals surface area contributed by atoms with E-state index in [1.807, 2.05) is 44.2 Å². The number of aromatic nitrogens is 4. The molecule has 5 aromatic rings. The first-order valence-electron chi connectivity index (χ1n) is 37.3. The lowest BCUT2D eigenvalue weighted by Gasteiger charge is -2.32. The van der Waals surface area contributed by atoms with Crippen molar-refractivity contribution in [3.63, 3.8) is 0 Å². The topological polar surface area (TPSA) is 551 Å². The third kappa shape index (κ3) is 24.4. The molecule has 35 nitrogen and oxygen atoms in total. The Labute approximate surface area is 641 Å². The monoisotopic (exact) mass is 1550 g/mol. The number of H-pyrrole nitrogens is 3. The zero-order valence-electron chi connectivity index (χ0n) is 63.2. The molecule has 0 spiro atoms. The smallest absolute Gasteiger partial charge is 0.326 e. The van der Waals surface area contributed by atoms with Gasteiger partial charge in [0.1, 0.15) is 66.5 Å². The lowest BCUT2D eigenvalue weighted by Crippen LogP contribution is -2.61. The molecule has 2 aliphatic rings. The molecule has 7 rings (SSSR count). The lowest BCUT2D eigenvalue weighted by atomic mass is 9.98. The van der Waals surface area contributed by atoms with Crippen LogP contribution in [0.25, 0.3) is 21.8 Å². The largest absolute Gasteiger partial charge is 0.480 e. The number of imidazole rings is 1. The highest BCUT2D eigenvalue weighted by molar-refractivity contribution is 7.98. The third-order valence-electron chi connectivity index (χ3n) is 19.8.